The Balaban J connectivity index is 1.24. The van der Waals surface area contributed by atoms with E-state index >= 15 is 0 Å². The van der Waals surface area contributed by atoms with Gasteiger partial charge in [0.1, 0.15) is 0 Å². The first-order valence-corrected chi connectivity index (χ1v) is 15.5. The molecule has 0 bridgehead atoms. The van der Waals surface area contributed by atoms with Gasteiger partial charge in [-0.1, -0.05) is 79.7 Å². The van der Waals surface area contributed by atoms with Crippen molar-refractivity contribution in [3.63, 3.8) is 0 Å². The lowest BCUT2D eigenvalue weighted by Crippen LogP contribution is -2.48. The van der Waals surface area contributed by atoms with Crippen LogP contribution in [-0.4, -0.2) is 59.8 Å². The van der Waals surface area contributed by atoms with Crippen LogP contribution < -0.4 is 5.73 Å². The minimum atomic E-state index is -0.447. The molecule has 0 radical (unpaired) electrons. The second-order valence-electron chi connectivity index (χ2n) is 12.1. The molecule has 3 N–H and O–H groups in total. The minimum absolute atomic E-state index is 0.0444. The van der Waals surface area contributed by atoms with Crippen molar-refractivity contribution >= 4 is 0 Å². The largest absolute Gasteiger partial charge is 0.392 e. The summed E-state index contributed by atoms with van der Waals surface area (Å²) >= 11 is 0. The lowest BCUT2D eigenvalue weighted by molar-refractivity contribution is -0.276. The second kappa shape index (κ2) is 13.2. The van der Waals surface area contributed by atoms with Crippen molar-refractivity contribution in [2.24, 2.45) is 11.7 Å². The van der Waals surface area contributed by atoms with Gasteiger partial charge in [-0.2, -0.15) is 0 Å². The number of aliphatic hydroxyl groups excluding tert-OH is 1. The van der Waals surface area contributed by atoms with Gasteiger partial charge in [-0.25, -0.2) is 0 Å². The van der Waals surface area contributed by atoms with E-state index in [1.807, 2.05) is 18.2 Å². The summed E-state index contributed by atoms with van der Waals surface area (Å²) in [5.41, 5.74) is 12.5. The first kappa shape index (κ1) is 28.5. The molecule has 0 saturated carbocycles. The highest BCUT2D eigenvalue weighted by molar-refractivity contribution is 5.67. The van der Waals surface area contributed by atoms with Gasteiger partial charge in [-0.3, -0.25) is 4.90 Å². The third kappa shape index (κ3) is 6.43. The van der Waals surface area contributed by atoms with Gasteiger partial charge in [-0.15, -0.1) is 0 Å². The van der Waals surface area contributed by atoms with Crippen LogP contribution in [0.5, 0.6) is 0 Å². The van der Waals surface area contributed by atoms with Crippen molar-refractivity contribution in [1.82, 2.24) is 9.80 Å². The highest BCUT2D eigenvalue weighted by Crippen LogP contribution is 2.42. The van der Waals surface area contributed by atoms with E-state index < -0.39 is 6.29 Å². The van der Waals surface area contributed by atoms with Crippen LogP contribution in [0.15, 0.2) is 72.8 Å². The Hall–Kier alpha value is -2.58. The fraction of sp³-hybridized carbons (Fsp3) is 0.486. The van der Waals surface area contributed by atoms with Crippen LogP contribution >= 0.6 is 0 Å². The molecule has 5 atom stereocenters. The number of likely N-dealkylation sites (tertiary alicyclic amines) is 2. The highest BCUT2D eigenvalue weighted by atomic mass is 16.7. The fourth-order valence-corrected chi connectivity index (χ4v) is 6.96. The Labute approximate surface area is 245 Å². The third-order valence-electron chi connectivity index (χ3n) is 9.44. The van der Waals surface area contributed by atoms with E-state index in [1.165, 1.54) is 50.9 Å². The molecule has 3 aliphatic rings. The molecule has 3 aromatic rings. The molecule has 41 heavy (non-hydrogen) atoms. The summed E-state index contributed by atoms with van der Waals surface area (Å²) in [5.74, 6) is 0.190. The quantitative estimate of drug-likeness (QED) is 0.355. The number of nitrogens with two attached hydrogens (primary N) is 1. The Morgan fingerprint density at radius 1 is 0.829 bits per heavy atom. The van der Waals surface area contributed by atoms with Crippen LogP contribution in [-0.2, 0) is 22.6 Å². The first-order valence-electron chi connectivity index (χ1n) is 15.5. The van der Waals surface area contributed by atoms with Gasteiger partial charge in [0, 0.05) is 37.2 Å². The van der Waals surface area contributed by atoms with Crippen LogP contribution in [0.2, 0.25) is 0 Å². The lowest BCUT2D eigenvalue weighted by Gasteiger charge is -2.43. The van der Waals surface area contributed by atoms with Crippen LogP contribution in [0.4, 0.5) is 0 Å². The summed E-state index contributed by atoms with van der Waals surface area (Å²) in [5, 5.41) is 9.58. The Kier molecular flexibility index (Phi) is 9.16. The van der Waals surface area contributed by atoms with Gasteiger partial charge in [0.2, 0.25) is 0 Å². The smallest absolute Gasteiger partial charge is 0.184 e. The molecule has 3 aliphatic heterocycles. The van der Waals surface area contributed by atoms with Gasteiger partial charge in [0.25, 0.3) is 0 Å². The molecule has 0 aromatic heterocycles. The third-order valence-corrected chi connectivity index (χ3v) is 9.44. The van der Waals surface area contributed by atoms with Crippen molar-refractivity contribution < 1.29 is 14.6 Å². The molecule has 0 unspecified atom stereocenters. The Bertz CT molecular complexity index is 1260. The van der Waals surface area contributed by atoms with Crippen molar-refractivity contribution in [3.05, 3.63) is 95.1 Å². The van der Waals surface area contributed by atoms with Crippen LogP contribution in [0, 0.1) is 5.92 Å². The molecule has 6 nitrogen and oxygen atoms in total. The maximum atomic E-state index is 9.58. The molecule has 3 fully saturated rings. The summed E-state index contributed by atoms with van der Waals surface area (Å²) in [6, 6.07) is 25.7. The number of ether oxygens (including phenoxy) is 2. The summed E-state index contributed by atoms with van der Waals surface area (Å²) in [6.07, 6.45) is 4.71. The molecule has 6 rings (SSSR count). The van der Waals surface area contributed by atoms with Gasteiger partial charge in [-0.05, 0) is 73.1 Å². The molecule has 6 heteroatoms. The van der Waals surface area contributed by atoms with E-state index in [2.05, 4.69) is 71.3 Å². The number of benzene rings is 3. The number of aliphatic hydroxyl groups is 1. The van der Waals surface area contributed by atoms with Crippen molar-refractivity contribution in [3.8, 4) is 11.1 Å². The van der Waals surface area contributed by atoms with Gasteiger partial charge in [0.05, 0.1) is 18.8 Å². The molecule has 0 spiro atoms. The topological polar surface area (TPSA) is 71.2 Å². The van der Waals surface area contributed by atoms with E-state index in [9.17, 15) is 5.11 Å². The Morgan fingerprint density at radius 2 is 1.56 bits per heavy atom. The van der Waals surface area contributed by atoms with E-state index in [0.717, 1.165) is 40.9 Å². The van der Waals surface area contributed by atoms with E-state index in [0.29, 0.717) is 12.6 Å². The summed E-state index contributed by atoms with van der Waals surface area (Å²) < 4.78 is 13.5. The standard InChI is InChI=1S/C35H45N3O3/c1-25-33(23-38-20-6-8-31(38)22-37-18-4-5-19-37)40-35(41-34(25)28-12-10-26(24-39)11-13-28)29-16-14-27(15-17-29)32-9-3-2-7-30(32)21-36/h2-3,7,9-17,25,31,33-35,39H,4-6,8,18-24,36H2,1H3/t25-,31-,33+,34+,35+/m0/s1. The molecule has 218 valence electrons. The fourth-order valence-electron chi connectivity index (χ4n) is 6.96. The first-order chi connectivity index (χ1) is 20.1. The van der Waals surface area contributed by atoms with Crippen LogP contribution in [0.25, 0.3) is 11.1 Å². The van der Waals surface area contributed by atoms with E-state index in [4.69, 9.17) is 15.2 Å². The van der Waals surface area contributed by atoms with Gasteiger partial charge < -0.3 is 25.2 Å². The van der Waals surface area contributed by atoms with Crippen molar-refractivity contribution in [2.75, 3.05) is 32.7 Å². The molecule has 3 saturated heterocycles. The molecule has 0 aliphatic carbocycles. The maximum Gasteiger partial charge on any atom is 0.184 e. The summed E-state index contributed by atoms with van der Waals surface area (Å²) in [4.78, 5) is 5.33. The van der Waals surface area contributed by atoms with Gasteiger partial charge >= 0.3 is 0 Å². The average molecular weight is 556 g/mol. The predicted octanol–water partition coefficient (Wildman–Crippen LogP) is 5.66. The molecule has 3 heterocycles. The zero-order valence-electron chi connectivity index (χ0n) is 24.3. The Morgan fingerprint density at radius 3 is 2.29 bits per heavy atom. The zero-order chi connectivity index (χ0) is 28.2. The van der Waals surface area contributed by atoms with Crippen LogP contribution in [0.3, 0.4) is 0 Å². The predicted molar refractivity (Wildman–Crippen MR) is 163 cm³/mol. The monoisotopic (exact) mass is 555 g/mol. The molecule has 3 aromatic carbocycles. The summed E-state index contributed by atoms with van der Waals surface area (Å²) in [7, 11) is 0. The zero-order valence-corrected chi connectivity index (χ0v) is 24.3. The lowest BCUT2D eigenvalue weighted by atomic mass is 9.89. The van der Waals surface area contributed by atoms with Gasteiger partial charge in [0.15, 0.2) is 6.29 Å². The molecular weight excluding hydrogens is 510 g/mol. The van der Waals surface area contributed by atoms with Crippen molar-refractivity contribution in [2.45, 2.75) is 70.3 Å². The van der Waals surface area contributed by atoms with E-state index in [-0.39, 0.29) is 24.7 Å². The number of rotatable bonds is 9. The number of nitrogens with zero attached hydrogens (tertiary/aromatic N) is 2. The highest BCUT2D eigenvalue weighted by Gasteiger charge is 2.40. The normalized spacial score (nSPS) is 27.4. The maximum absolute atomic E-state index is 9.58. The summed E-state index contributed by atoms with van der Waals surface area (Å²) in [6.45, 7) is 8.56. The molecule has 0 amide bonds. The minimum Gasteiger partial charge on any atom is -0.392 e. The average Bonchev–Trinajstić information content (AvgIpc) is 3.71. The van der Waals surface area contributed by atoms with Crippen molar-refractivity contribution in [1.29, 1.82) is 0 Å². The SMILES string of the molecule is C[C@H]1[C@@H](CN2CCC[C@H]2CN2CCCC2)O[C@@H](c2ccc(-c3ccccc3CN)cc2)O[C@H]1c1ccc(CO)cc1. The second-order valence-corrected chi connectivity index (χ2v) is 12.1. The number of hydrogen-bond acceptors (Lipinski definition) is 6. The van der Waals surface area contributed by atoms with Crippen LogP contribution in [0.1, 0.15) is 67.3 Å². The number of hydrogen-bond donors (Lipinski definition) is 2. The molecular formula is C35H45N3O3. The van der Waals surface area contributed by atoms with E-state index in [1.54, 1.807) is 0 Å².